The van der Waals surface area contributed by atoms with Gasteiger partial charge in [-0.1, -0.05) is 37.5 Å². The van der Waals surface area contributed by atoms with Crippen molar-refractivity contribution < 1.29 is 4.74 Å². The monoisotopic (exact) mass is 365 g/mol. The Morgan fingerprint density at radius 3 is 2.22 bits per heavy atom. The average molecular weight is 366 g/mol. The Balaban J connectivity index is 2.57. The predicted molar refractivity (Wildman–Crippen MR) is 109 cm³/mol. The van der Waals surface area contributed by atoms with E-state index in [0.717, 1.165) is 47.2 Å². The molecule has 4 nitrogen and oxygen atoms in total. The summed E-state index contributed by atoms with van der Waals surface area (Å²) in [6.07, 6.45) is 3.28. The van der Waals surface area contributed by atoms with Gasteiger partial charge in [-0.05, 0) is 64.7 Å². The van der Waals surface area contributed by atoms with E-state index >= 15 is 0 Å². The van der Waals surface area contributed by atoms with Crippen molar-refractivity contribution in [2.45, 2.75) is 73.1 Å². The number of nitriles is 1. The van der Waals surface area contributed by atoms with Gasteiger partial charge in [-0.2, -0.15) is 10.2 Å². The topological polar surface area (TPSA) is 58.8 Å². The van der Waals surface area contributed by atoms with E-state index < -0.39 is 5.41 Å². The molecule has 2 aromatic rings. The van der Waals surface area contributed by atoms with Crippen molar-refractivity contribution >= 4 is 0 Å². The van der Waals surface area contributed by atoms with Crippen LogP contribution in [0.15, 0.2) is 12.1 Å². The molecule has 27 heavy (non-hydrogen) atoms. The maximum absolute atomic E-state index is 10.2. The number of aromatic nitrogens is 2. The van der Waals surface area contributed by atoms with Crippen molar-refractivity contribution in [1.82, 2.24) is 9.97 Å². The van der Waals surface area contributed by atoms with Gasteiger partial charge in [0.2, 0.25) is 5.88 Å². The first-order chi connectivity index (χ1) is 12.7. The average Bonchev–Trinajstić information content (AvgIpc) is 2.60. The zero-order valence-corrected chi connectivity index (χ0v) is 17.7. The smallest absolute Gasteiger partial charge is 0.219 e. The largest absolute Gasteiger partial charge is 0.477 e. The number of rotatable bonds is 7. The third-order valence-electron chi connectivity index (χ3n) is 5.07. The number of hydrogen-bond acceptors (Lipinski definition) is 4. The maximum atomic E-state index is 10.2. The number of hydrogen-bond donors (Lipinski definition) is 0. The van der Waals surface area contributed by atoms with Crippen LogP contribution in [-0.4, -0.2) is 16.6 Å². The van der Waals surface area contributed by atoms with Gasteiger partial charge in [0.05, 0.1) is 18.4 Å². The summed E-state index contributed by atoms with van der Waals surface area (Å²) >= 11 is 0. The minimum absolute atomic E-state index is 0.595. The Morgan fingerprint density at radius 1 is 1.04 bits per heavy atom. The van der Waals surface area contributed by atoms with Crippen molar-refractivity contribution in [3.05, 3.63) is 51.5 Å². The van der Waals surface area contributed by atoms with Gasteiger partial charge in [0.15, 0.2) is 0 Å². The predicted octanol–water partition coefficient (Wildman–Crippen LogP) is 5.42. The minimum Gasteiger partial charge on any atom is -0.477 e. The van der Waals surface area contributed by atoms with Crippen LogP contribution in [0.4, 0.5) is 0 Å². The number of aryl methyl sites for hydroxylation is 4. The van der Waals surface area contributed by atoms with Gasteiger partial charge in [0.25, 0.3) is 0 Å². The Labute approximate surface area is 163 Å². The lowest BCUT2D eigenvalue weighted by Crippen LogP contribution is -2.27. The molecule has 0 saturated carbocycles. The van der Waals surface area contributed by atoms with Crippen molar-refractivity contribution in [3.63, 3.8) is 0 Å². The van der Waals surface area contributed by atoms with E-state index in [1.54, 1.807) is 0 Å². The fraction of sp³-hybridized carbons (Fsp3) is 0.522. The molecule has 0 spiro atoms. The summed E-state index contributed by atoms with van der Waals surface area (Å²) in [6, 6.07) is 6.79. The molecule has 0 N–H and O–H groups in total. The van der Waals surface area contributed by atoms with Crippen molar-refractivity contribution in [3.8, 4) is 11.9 Å². The van der Waals surface area contributed by atoms with Gasteiger partial charge in [-0.15, -0.1) is 0 Å². The molecule has 0 amide bonds. The summed E-state index contributed by atoms with van der Waals surface area (Å²) in [4.78, 5) is 9.18. The molecular formula is C23H31N3O. The molecule has 0 fully saturated rings. The van der Waals surface area contributed by atoms with Crippen LogP contribution in [0.25, 0.3) is 0 Å². The van der Waals surface area contributed by atoms with Crippen LogP contribution >= 0.6 is 0 Å². The first-order valence-corrected chi connectivity index (χ1v) is 9.72. The Kier molecular flexibility index (Phi) is 6.59. The lowest BCUT2D eigenvalue weighted by Gasteiger charge is -2.28. The van der Waals surface area contributed by atoms with E-state index in [1.807, 2.05) is 20.8 Å². The summed E-state index contributed by atoms with van der Waals surface area (Å²) in [6.45, 7) is 14.8. The number of nitrogens with zero attached hydrogens (tertiary/aromatic N) is 3. The van der Waals surface area contributed by atoms with E-state index in [2.05, 4.69) is 55.9 Å². The quantitative estimate of drug-likeness (QED) is 0.615. The summed E-state index contributed by atoms with van der Waals surface area (Å²) in [5.41, 5.74) is 5.16. The second-order valence-electron chi connectivity index (χ2n) is 7.62. The van der Waals surface area contributed by atoms with Crippen LogP contribution in [0.1, 0.15) is 72.4 Å². The molecule has 1 atom stereocenters. The van der Waals surface area contributed by atoms with Crippen LogP contribution < -0.4 is 4.74 Å². The Morgan fingerprint density at radius 2 is 1.67 bits per heavy atom. The lowest BCUT2D eigenvalue weighted by atomic mass is 9.74. The zero-order chi connectivity index (χ0) is 20.2. The van der Waals surface area contributed by atoms with Crippen LogP contribution in [0.5, 0.6) is 5.88 Å². The van der Waals surface area contributed by atoms with E-state index in [1.165, 1.54) is 5.56 Å². The molecule has 144 valence electrons. The third-order valence-corrected chi connectivity index (χ3v) is 5.07. The molecule has 2 rings (SSSR count). The second-order valence-corrected chi connectivity index (χ2v) is 7.62. The fourth-order valence-electron chi connectivity index (χ4n) is 3.95. The van der Waals surface area contributed by atoms with E-state index in [-0.39, 0.29) is 0 Å². The van der Waals surface area contributed by atoms with Gasteiger partial charge in [-0.3, -0.25) is 0 Å². The van der Waals surface area contributed by atoms with Gasteiger partial charge < -0.3 is 4.74 Å². The number of unbranched alkanes of at least 4 members (excludes halogenated alkanes) is 2. The summed E-state index contributed by atoms with van der Waals surface area (Å²) in [7, 11) is 0. The number of benzene rings is 1. The van der Waals surface area contributed by atoms with Crippen molar-refractivity contribution in [2.24, 2.45) is 0 Å². The Hall–Kier alpha value is -2.41. The number of ether oxygens (including phenoxy) is 1. The van der Waals surface area contributed by atoms with Crippen LogP contribution in [0, 0.1) is 45.9 Å². The highest BCUT2D eigenvalue weighted by Gasteiger charge is 2.36. The van der Waals surface area contributed by atoms with Gasteiger partial charge in [-0.25, -0.2) is 4.98 Å². The normalized spacial score (nSPS) is 13.1. The van der Waals surface area contributed by atoms with Crippen LogP contribution in [-0.2, 0) is 5.41 Å². The van der Waals surface area contributed by atoms with Gasteiger partial charge in [0, 0.05) is 5.56 Å². The lowest BCUT2D eigenvalue weighted by molar-refractivity contribution is 0.290. The highest BCUT2D eigenvalue weighted by Crippen LogP contribution is 2.38. The van der Waals surface area contributed by atoms with E-state index in [9.17, 15) is 5.26 Å². The highest BCUT2D eigenvalue weighted by molar-refractivity contribution is 5.53. The first kappa shape index (κ1) is 20.9. The molecule has 1 aromatic carbocycles. The van der Waals surface area contributed by atoms with Gasteiger partial charge >= 0.3 is 0 Å². The standard InChI is InChI=1S/C23H31N3O/c1-8-9-10-11-27-22-18(5)21(25-19(6)26-22)23(7,14-24)20-16(3)12-15(2)13-17(20)4/h12-13H,8-11H2,1-7H3. The minimum atomic E-state index is -0.860. The van der Waals surface area contributed by atoms with E-state index in [0.29, 0.717) is 18.3 Å². The van der Waals surface area contributed by atoms with Crippen LogP contribution in [0.2, 0.25) is 0 Å². The molecule has 0 radical (unpaired) electrons. The fourth-order valence-corrected chi connectivity index (χ4v) is 3.95. The molecule has 0 aliphatic heterocycles. The molecule has 1 heterocycles. The SMILES string of the molecule is CCCCCOc1nc(C)nc(C(C)(C#N)c2c(C)cc(C)cc2C)c1C. The highest BCUT2D eigenvalue weighted by atomic mass is 16.5. The van der Waals surface area contributed by atoms with E-state index in [4.69, 9.17) is 4.74 Å². The maximum Gasteiger partial charge on any atom is 0.219 e. The van der Waals surface area contributed by atoms with Crippen molar-refractivity contribution in [2.75, 3.05) is 6.61 Å². The molecule has 1 unspecified atom stereocenters. The van der Waals surface area contributed by atoms with Crippen molar-refractivity contribution in [1.29, 1.82) is 5.26 Å². The third kappa shape index (κ3) is 4.30. The molecule has 4 heteroatoms. The van der Waals surface area contributed by atoms with Gasteiger partial charge in [0.1, 0.15) is 11.2 Å². The summed E-state index contributed by atoms with van der Waals surface area (Å²) < 4.78 is 5.95. The summed E-state index contributed by atoms with van der Waals surface area (Å²) in [5, 5.41) is 10.2. The molecule has 0 saturated heterocycles. The first-order valence-electron chi connectivity index (χ1n) is 9.72. The molecule has 0 aliphatic rings. The summed E-state index contributed by atoms with van der Waals surface area (Å²) in [5.74, 6) is 1.22. The second kappa shape index (κ2) is 8.52. The molecule has 0 bridgehead atoms. The zero-order valence-electron chi connectivity index (χ0n) is 17.7. The van der Waals surface area contributed by atoms with Crippen LogP contribution in [0.3, 0.4) is 0 Å². The molecular weight excluding hydrogens is 334 g/mol. The molecule has 1 aromatic heterocycles. The molecule has 0 aliphatic carbocycles. The Bertz CT molecular complexity index is 844.